The van der Waals surface area contributed by atoms with Crippen LogP contribution in [0.1, 0.15) is 26.7 Å². The van der Waals surface area contributed by atoms with E-state index in [1.165, 1.54) is 6.42 Å². The van der Waals surface area contributed by atoms with Gasteiger partial charge in [-0.15, -0.1) is 0 Å². The van der Waals surface area contributed by atoms with Crippen LogP contribution in [0, 0.1) is 5.92 Å². The summed E-state index contributed by atoms with van der Waals surface area (Å²) in [5, 5.41) is 0. The highest BCUT2D eigenvalue weighted by molar-refractivity contribution is 5.36. The van der Waals surface area contributed by atoms with Crippen LogP contribution < -0.4 is 10.5 Å². The van der Waals surface area contributed by atoms with Crippen molar-refractivity contribution in [1.82, 2.24) is 9.55 Å². The van der Waals surface area contributed by atoms with Crippen LogP contribution in [0.2, 0.25) is 0 Å². The van der Waals surface area contributed by atoms with Gasteiger partial charge >= 0.3 is 0 Å². The predicted octanol–water partition coefficient (Wildman–Crippen LogP) is 1.50. The Kier molecular flexibility index (Phi) is 3.27. The summed E-state index contributed by atoms with van der Waals surface area (Å²) in [6.07, 6.45) is 5.88. The zero-order valence-corrected chi connectivity index (χ0v) is 10.0. The standard InChI is InChI=1S/C12H19N3O/c1-3-14-8-6-13-11(12(14)16)15-7-4-5-10(2)9-15/h6,8,10H,3-5,7,9H2,1-2H3. The van der Waals surface area contributed by atoms with Gasteiger partial charge in [0.05, 0.1) is 0 Å². The lowest BCUT2D eigenvalue weighted by Gasteiger charge is -2.31. The lowest BCUT2D eigenvalue weighted by atomic mass is 10.0. The summed E-state index contributed by atoms with van der Waals surface area (Å²) >= 11 is 0. The van der Waals surface area contributed by atoms with Gasteiger partial charge in [-0.3, -0.25) is 4.79 Å². The van der Waals surface area contributed by atoms with Gasteiger partial charge in [-0.1, -0.05) is 6.92 Å². The molecule has 0 aliphatic carbocycles. The Bertz CT molecular complexity index is 413. The Morgan fingerprint density at radius 2 is 2.38 bits per heavy atom. The molecule has 0 amide bonds. The lowest BCUT2D eigenvalue weighted by Crippen LogP contribution is -2.39. The van der Waals surface area contributed by atoms with Gasteiger partial charge in [0.25, 0.3) is 5.56 Å². The van der Waals surface area contributed by atoms with Crippen LogP contribution in [-0.2, 0) is 6.54 Å². The van der Waals surface area contributed by atoms with Crippen molar-refractivity contribution in [2.75, 3.05) is 18.0 Å². The SMILES string of the molecule is CCn1ccnc(N2CCCC(C)C2)c1=O. The molecule has 1 aromatic rings. The van der Waals surface area contributed by atoms with E-state index in [0.717, 1.165) is 19.5 Å². The van der Waals surface area contributed by atoms with E-state index in [-0.39, 0.29) is 5.56 Å². The van der Waals surface area contributed by atoms with Gasteiger partial charge in [0.15, 0.2) is 5.82 Å². The van der Waals surface area contributed by atoms with Crippen molar-refractivity contribution in [3.8, 4) is 0 Å². The van der Waals surface area contributed by atoms with Crippen LogP contribution in [0.15, 0.2) is 17.2 Å². The number of hydrogen-bond donors (Lipinski definition) is 0. The molecule has 1 fully saturated rings. The van der Waals surface area contributed by atoms with Crippen LogP contribution in [0.5, 0.6) is 0 Å². The fourth-order valence-corrected chi connectivity index (χ4v) is 2.28. The highest BCUT2D eigenvalue weighted by Crippen LogP contribution is 2.18. The van der Waals surface area contributed by atoms with E-state index in [1.54, 1.807) is 17.0 Å². The van der Waals surface area contributed by atoms with Crippen LogP contribution in [0.3, 0.4) is 0 Å². The number of hydrogen-bond acceptors (Lipinski definition) is 3. The van der Waals surface area contributed by atoms with Crippen LogP contribution in [0.25, 0.3) is 0 Å². The van der Waals surface area contributed by atoms with Crippen molar-refractivity contribution >= 4 is 5.82 Å². The number of nitrogens with zero attached hydrogens (tertiary/aromatic N) is 3. The Labute approximate surface area is 95.9 Å². The minimum absolute atomic E-state index is 0.0408. The zero-order chi connectivity index (χ0) is 11.5. The van der Waals surface area contributed by atoms with Crippen LogP contribution in [-0.4, -0.2) is 22.6 Å². The molecule has 1 aliphatic rings. The number of piperidine rings is 1. The van der Waals surface area contributed by atoms with Crippen molar-refractivity contribution in [2.24, 2.45) is 5.92 Å². The molecular weight excluding hydrogens is 202 g/mol. The fourth-order valence-electron chi connectivity index (χ4n) is 2.28. The lowest BCUT2D eigenvalue weighted by molar-refractivity contribution is 0.442. The maximum Gasteiger partial charge on any atom is 0.293 e. The zero-order valence-electron chi connectivity index (χ0n) is 10.0. The molecule has 0 spiro atoms. The topological polar surface area (TPSA) is 38.1 Å². The number of anilines is 1. The first-order valence-corrected chi connectivity index (χ1v) is 6.02. The summed E-state index contributed by atoms with van der Waals surface area (Å²) in [6, 6.07) is 0. The average Bonchev–Trinajstić information content (AvgIpc) is 2.29. The smallest absolute Gasteiger partial charge is 0.293 e. The van der Waals surface area contributed by atoms with Crippen molar-refractivity contribution < 1.29 is 0 Å². The van der Waals surface area contributed by atoms with Gasteiger partial charge in [-0.05, 0) is 25.7 Å². The average molecular weight is 221 g/mol. The molecule has 2 rings (SSSR count). The molecule has 4 heteroatoms. The van der Waals surface area contributed by atoms with E-state index in [1.807, 2.05) is 6.92 Å². The van der Waals surface area contributed by atoms with Crippen LogP contribution >= 0.6 is 0 Å². The fraction of sp³-hybridized carbons (Fsp3) is 0.667. The molecule has 1 unspecified atom stereocenters. The molecule has 1 aliphatic heterocycles. The first-order chi connectivity index (χ1) is 7.72. The van der Waals surface area contributed by atoms with E-state index >= 15 is 0 Å². The molecule has 0 aromatic carbocycles. The first kappa shape index (κ1) is 11.2. The summed E-state index contributed by atoms with van der Waals surface area (Å²) in [6.45, 7) is 6.82. The monoisotopic (exact) mass is 221 g/mol. The Morgan fingerprint density at radius 3 is 3.06 bits per heavy atom. The molecule has 0 radical (unpaired) electrons. The second-order valence-corrected chi connectivity index (χ2v) is 4.54. The largest absolute Gasteiger partial charge is 0.352 e. The van der Waals surface area contributed by atoms with Crippen LogP contribution in [0.4, 0.5) is 5.82 Å². The second-order valence-electron chi connectivity index (χ2n) is 4.54. The molecular formula is C12H19N3O. The van der Waals surface area contributed by atoms with E-state index in [9.17, 15) is 4.79 Å². The molecule has 0 N–H and O–H groups in total. The number of rotatable bonds is 2. The van der Waals surface area contributed by atoms with E-state index < -0.39 is 0 Å². The molecule has 1 aromatic heterocycles. The molecule has 0 bridgehead atoms. The maximum atomic E-state index is 12.1. The normalized spacial score (nSPS) is 21.1. The van der Waals surface area contributed by atoms with Crippen molar-refractivity contribution in [1.29, 1.82) is 0 Å². The van der Waals surface area contributed by atoms with Gasteiger partial charge < -0.3 is 9.47 Å². The summed E-state index contributed by atoms with van der Waals surface area (Å²) in [7, 11) is 0. The summed E-state index contributed by atoms with van der Waals surface area (Å²) < 4.78 is 1.71. The summed E-state index contributed by atoms with van der Waals surface area (Å²) in [5.41, 5.74) is 0.0408. The third-order valence-electron chi connectivity index (χ3n) is 3.19. The van der Waals surface area contributed by atoms with Gasteiger partial charge in [0, 0.05) is 32.0 Å². The molecule has 4 nitrogen and oxygen atoms in total. The molecule has 16 heavy (non-hydrogen) atoms. The van der Waals surface area contributed by atoms with Gasteiger partial charge in [-0.2, -0.15) is 0 Å². The number of aromatic nitrogens is 2. The summed E-state index contributed by atoms with van der Waals surface area (Å²) in [4.78, 5) is 18.4. The molecule has 1 saturated heterocycles. The van der Waals surface area contributed by atoms with Gasteiger partial charge in [-0.25, -0.2) is 4.98 Å². The Hall–Kier alpha value is -1.32. The molecule has 0 saturated carbocycles. The van der Waals surface area contributed by atoms with Crippen molar-refractivity contribution in [3.63, 3.8) is 0 Å². The first-order valence-electron chi connectivity index (χ1n) is 6.02. The van der Waals surface area contributed by atoms with Gasteiger partial charge in [0.2, 0.25) is 0 Å². The van der Waals surface area contributed by atoms with E-state index in [4.69, 9.17) is 0 Å². The Morgan fingerprint density at radius 1 is 1.56 bits per heavy atom. The van der Waals surface area contributed by atoms with Crippen molar-refractivity contribution in [3.05, 3.63) is 22.7 Å². The minimum atomic E-state index is 0.0408. The molecule has 1 atom stereocenters. The van der Waals surface area contributed by atoms with Crippen molar-refractivity contribution in [2.45, 2.75) is 33.2 Å². The van der Waals surface area contributed by atoms with E-state index in [0.29, 0.717) is 18.3 Å². The quantitative estimate of drug-likeness (QED) is 0.759. The molecule has 88 valence electrons. The highest BCUT2D eigenvalue weighted by Gasteiger charge is 2.20. The third-order valence-corrected chi connectivity index (χ3v) is 3.19. The van der Waals surface area contributed by atoms with Gasteiger partial charge in [0.1, 0.15) is 0 Å². The second kappa shape index (κ2) is 4.68. The highest BCUT2D eigenvalue weighted by atomic mass is 16.1. The summed E-state index contributed by atoms with van der Waals surface area (Å²) in [5.74, 6) is 1.28. The predicted molar refractivity (Wildman–Crippen MR) is 64.8 cm³/mol. The molecule has 2 heterocycles. The minimum Gasteiger partial charge on any atom is -0.352 e. The maximum absolute atomic E-state index is 12.1. The number of aryl methyl sites for hydroxylation is 1. The Balaban J connectivity index is 2.29. The van der Waals surface area contributed by atoms with E-state index in [2.05, 4.69) is 16.8 Å². The third kappa shape index (κ3) is 2.10.